The molecule has 3 aromatic heterocycles. The number of anilines is 4. The normalized spacial score (nSPS) is 22.9. The number of carbonyl (C=O) groups excluding carboxylic acids is 3. The van der Waals surface area contributed by atoms with Gasteiger partial charge in [-0.1, -0.05) is 25.1 Å². The van der Waals surface area contributed by atoms with Crippen molar-refractivity contribution in [3.05, 3.63) is 71.4 Å². The zero-order valence-corrected chi connectivity index (χ0v) is 31.1. The van der Waals surface area contributed by atoms with Crippen LogP contribution in [0.15, 0.2) is 48.7 Å². The van der Waals surface area contributed by atoms with Crippen molar-refractivity contribution < 1.29 is 19.1 Å². The molecule has 2 saturated carbocycles. The van der Waals surface area contributed by atoms with Gasteiger partial charge in [0.05, 0.1) is 65.5 Å². The summed E-state index contributed by atoms with van der Waals surface area (Å²) in [5.41, 5.74) is 7.20. The predicted octanol–water partition coefficient (Wildman–Crippen LogP) is 4.29. The third-order valence-electron chi connectivity index (χ3n) is 11.9. The monoisotopic (exact) mass is 743 g/mol. The molecular formula is C40H45N11O4. The van der Waals surface area contributed by atoms with E-state index in [0.717, 1.165) is 79.8 Å². The van der Waals surface area contributed by atoms with Gasteiger partial charge >= 0.3 is 0 Å². The quantitative estimate of drug-likeness (QED) is 0.201. The van der Waals surface area contributed by atoms with Crippen molar-refractivity contribution in [2.75, 3.05) is 48.8 Å². The Morgan fingerprint density at radius 3 is 2.53 bits per heavy atom. The second-order valence-corrected chi connectivity index (χ2v) is 15.9. The summed E-state index contributed by atoms with van der Waals surface area (Å²) in [6.07, 6.45) is 7.57. The first kappa shape index (κ1) is 34.1. The van der Waals surface area contributed by atoms with Crippen LogP contribution >= 0.6 is 0 Å². The van der Waals surface area contributed by atoms with Crippen LogP contribution in [0.3, 0.4) is 0 Å². The number of morpholine rings is 1. The summed E-state index contributed by atoms with van der Waals surface area (Å²) in [5, 5.41) is 22.9. The zero-order valence-electron chi connectivity index (χ0n) is 31.1. The lowest BCUT2D eigenvalue weighted by atomic mass is 9.91. The molecule has 4 aromatic rings. The summed E-state index contributed by atoms with van der Waals surface area (Å²) in [6.45, 7) is 5.79. The molecule has 284 valence electrons. The van der Waals surface area contributed by atoms with Gasteiger partial charge in [0.15, 0.2) is 11.5 Å². The molecule has 5 fully saturated rings. The largest absolute Gasteiger partial charge is 0.374 e. The van der Waals surface area contributed by atoms with Gasteiger partial charge in [0.1, 0.15) is 5.69 Å². The van der Waals surface area contributed by atoms with Crippen LogP contribution in [0.25, 0.3) is 11.1 Å². The minimum Gasteiger partial charge on any atom is -0.374 e. The Kier molecular flexibility index (Phi) is 8.32. The van der Waals surface area contributed by atoms with Crippen LogP contribution in [0.5, 0.6) is 0 Å². The Morgan fingerprint density at radius 1 is 0.945 bits per heavy atom. The van der Waals surface area contributed by atoms with Crippen molar-refractivity contribution in [1.29, 1.82) is 0 Å². The Hall–Kier alpha value is -5.41. The molecule has 6 aliphatic rings. The zero-order chi connectivity index (χ0) is 37.4. The second-order valence-electron chi connectivity index (χ2n) is 15.9. The number of benzene rings is 1. The Morgan fingerprint density at radius 2 is 1.78 bits per heavy atom. The lowest BCUT2D eigenvalue weighted by molar-refractivity contribution is -0.117. The molecular weight excluding hydrogens is 699 g/mol. The maximum atomic E-state index is 13.3. The number of pyridine rings is 1. The van der Waals surface area contributed by atoms with Gasteiger partial charge in [0, 0.05) is 62.4 Å². The average molecular weight is 744 g/mol. The maximum absolute atomic E-state index is 13.3. The third-order valence-corrected chi connectivity index (χ3v) is 11.9. The second kappa shape index (κ2) is 13.4. The molecule has 55 heavy (non-hydrogen) atoms. The third kappa shape index (κ3) is 6.28. The van der Waals surface area contributed by atoms with E-state index in [1.165, 1.54) is 5.69 Å². The number of hydrogen-bond acceptors (Lipinski definition) is 11. The van der Waals surface area contributed by atoms with E-state index in [1.807, 2.05) is 41.4 Å². The topological polar surface area (TPSA) is 163 Å². The standard InChI is InChI=1S/C40H45N11O4/c1-3-33-37-29(16-41-51(37)26-18-49(19-26)17-24-6-4-9-31(42-24)40(54)50-20-27-14-25(50)21-55-27)28-7-5-8-30(36(28)48(33)2)44-32-15-34(45-38(52)22-10-11-22)46-47-35(32)39(53)43-23-12-13-23/h4-9,15-16,22-23,25-27,33H,3,10-14,17-21H2,1-2H3,(H,43,53)(H2,44,45,46,52)/t25-,27-,33+/m1/s1. The van der Waals surface area contributed by atoms with Gasteiger partial charge < -0.3 is 30.5 Å². The van der Waals surface area contributed by atoms with E-state index in [-0.39, 0.29) is 59.6 Å². The molecule has 0 radical (unpaired) electrons. The number of rotatable bonds is 11. The van der Waals surface area contributed by atoms with Crippen LogP contribution in [-0.4, -0.2) is 104 Å². The molecule has 7 heterocycles. The summed E-state index contributed by atoms with van der Waals surface area (Å²) in [6, 6.07) is 14.2. The lowest BCUT2D eigenvalue weighted by Gasteiger charge is -2.43. The number of aromatic nitrogens is 5. The fraction of sp³-hybridized carbons (Fsp3) is 0.475. The van der Waals surface area contributed by atoms with E-state index in [2.05, 4.69) is 60.7 Å². The van der Waals surface area contributed by atoms with Crippen molar-refractivity contribution in [2.24, 2.45) is 5.92 Å². The summed E-state index contributed by atoms with van der Waals surface area (Å²) in [7, 11) is 2.11. The number of para-hydroxylation sites is 1. The van der Waals surface area contributed by atoms with E-state index in [1.54, 1.807) is 6.07 Å². The molecule has 2 bridgehead atoms. The number of fused-ring (bicyclic) bond motifs is 5. The van der Waals surface area contributed by atoms with Crippen LogP contribution in [-0.2, 0) is 16.1 Å². The molecule has 3 N–H and O–H groups in total. The minimum atomic E-state index is -0.290. The molecule has 3 atom stereocenters. The van der Waals surface area contributed by atoms with Gasteiger partial charge in [-0.15, -0.1) is 10.2 Å². The van der Waals surface area contributed by atoms with Crippen molar-refractivity contribution in [2.45, 2.75) is 82.3 Å². The number of nitrogens with zero attached hydrogens (tertiary/aromatic N) is 8. The minimum absolute atomic E-state index is 0.00487. The van der Waals surface area contributed by atoms with Gasteiger partial charge in [0.2, 0.25) is 5.91 Å². The van der Waals surface area contributed by atoms with E-state index < -0.39 is 0 Å². The smallest absolute Gasteiger partial charge is 0.274 e. The SMILES string of the molecule is CC[C@H]1c2c(cnn2C2CN(Cc3cccc(C(=O)N4C[C@H]5C[C@@H]4CO5)n3)C2)-c2cccc(Nc3cc(NC(=O)C4CC4)nnc3C(=O)NC3CC3)c2N1C. The van der Waals surface area contributed by atoms with Gasteiger partial charge in [-0.3, -0.25) is 24.0 Å². The highest BCUT2D eigenvalue weighted by Crippen LogP contribution is 2.50. The molecule has 3 saturated heterocycles. The number of nitrogens with one attached hydrogen (secondary N) is 3. The molecule has 2 aliphatic carbocycles. The number of ether oxygens (including phenoxy) is 1. The Labute approximate surface area is 318 Å². The van der Waals surface area contributed by atoms with Crippen LogP contribution in [0.4, 0.5) is 22.9 Å². The first-order chi connectivity index (χ1) is 26.8. The van der Waals surface area contributed by atoms with Crippen LogP contribution in [0.2, 0.25) is 0 Å². The van der Waals surface area contributed by atoms with Gasteiger partial charge in [-0.25, -0.2) is 4.98 Å². The molecule has 0 unspecified atom stereocenters. The summed E-state index contributed by atoms with van der Waals surface area (Å²) < 4.78 is 7.90. The first-order valence-corrected chi connectivity index (χ1v) is 19.6. The highest BCUT2D eigenvalue weighted by atomic mass is 16.5. The number of carbonyl (C=O) groups is 3. The Bertz CT molecular complexity index is 2190. The van der Waals surface area contributed by atoms with E-state index in [0.29, 0.717) is 36.9 Å². The van der Waals surface area contributed by atoms with Crippen molar-refractivity contribution in [1.82, 2.24) is 40.1 Å². The van der Waals surface area contributed by atoms with Crippen molar-refractivity contribution in [3.63, 3.8) is 0 Å². The number of hydrogen-bond donors (Lipinski definition) is 3. The van der Waals surface area contributed by atoms with Crippen LogP contribution in [0, 0.1) is 5.92 Å². The van der Waals surface area contributed by atoms with Gasteiger partial charge in [-0.2, -0.15) is 5.10 Å². The molecule has 15 heteroatoms. The average Bonchev–Trinajstić information content (AvgIpc) is 4.07. The number of likely N-dealkylation sites (tertiary alicyclic amines) is 2. The summed E-state index contributed by atoms with van der Waals surface area (Å²) >= 11 is 0. The van der Waals surface area contributed by atoms with Crippen LogP contribution < -0.4 is 20.9 Å². The molecule has 15 nitrogen and oxygen atoms in total. The molecule has 1 aromatic carbocycles. The highest BCUT2D eigenvalue weighted by Gasteiger charge is 2.42. The Balaban J connectivity index is 0.883. The van der Waals surface area contributed by atoms with Crippen molar-refractivity contribution >= 4 is 40.6 Å². The summed E-state index contributed by atoms with van der Waals surface area (Å²) in [4.78, 5) is 50.6. The fourth-order valence-electron chi connectivity index (χ4n) is 8.70. The lowest BCUT2D eigenvalue weighted by Crippen LogP contribution is -2.48. The van der Waals surface area contributed by atoms with E-state index >= 15 is 0 Å². The molecule has 3 amide bonds. The molecule has 0 spiro atoms. The predicted molar refractivity (Wildman–Crippen MR) is 204 cm³/mol. The van der Waals surface area contributed by atoms with Gasteiger partial charge in [0.25, 0.3) is 11.8 Å². The summed E-state index contributed by atoms with van der Waals surface area (Å²) in [5.74, 6) is -0.0513. The molecule has 4 aliphatic heterocycles. The number of amides is 3. The highest BCUT2D eigenvalue weighted by molar-refractivity contribution is 6.01. The molecule has 10 rings (SSSR count). The van der Waals surface area contributed by atoms with Crippen molar-refractivity contribution in [3.8, 4) is 11.1 Å². The fourth-order valence-corrected chi connectivity index (χ4v) is 8.70. The van der Waals surface area contributed by atoms with Gasteiger partial charge in [-0.05, 0) is 56.7 Å². The first-order valence-electron chi connectivity index (χ1n) is 19.6. The van der Waals surface area contributed by atoms with Crippen LogP contribution in [0.1, 0.15) is 89.9 Å². The van der Waals surface area contributed by atoms with E-state index in [9.17, 15) is 14.4 Å². The maximum Gasteiger partial charge on any atom is 0.274 e. The van der Waals surface area contributed by atoms with E-state index in [4.69, 9.17) is 14.8 Å².